The highest BCUT2D eigenvalue weighted by Gasteiger charge is 2.43. The number of aliphatic imine (C=N–C) groups is 1. The molecular formula is C26H21BrF3N3O. The minimum atomic E-state index is -4.39. The largest absolute Gasteiger partial charge is 0.508 e. The Morgan fingerprint density at radius 1 is 0.912 bits per heavy atom. The third-order valence-electron chi connectivity index (χ3n) is 6.16. The molecule has 3 unspecified atom stereocenters. The van der Waals surface area contributed by atoms with Crippen molar-refractivity contribution < 1.29 is 18.3 Å². The molecule has 2 aliphatic rings. The van der Waals surface area contributed by atoms with Gasteiger partial charge in [0.25, 0.3) is 0 Å². The van der Waals surface area contributed by atoms with Crippen molar-refractivity contribution in [3.8, 4) is 5.75 Å². The third kappa shape index (κ3) is 4.01. The number of hydrazine groups is 1. The molecule has 0 saturated carbocycles. The van der Waals surface area contributed by atoms with E-state index in [9.17, 15) is 18.3 Å². The highest BCUT2D eigenvalue weighted by Crippen LogP contribution is 2.44. The molecule has 0 spiro atoms. The smallest absolute Gasteiger partial charge is 0.416 e. The van der Waals surface area contributed by atoms with E-state index < -0.39 is 17.8 Å². The van der Waals surface area contributed by atoms with Gasteiger partial charge in [0, 0.05) is 0 Å². The van der Waals surface area contributed by atoms with Crippen LogP contribution in [0.25, 0.3) is 5.70 Å². The Bertz CT molecular complexity index is 1260. The van der Waals surface area contributed by atoms with Gasteiger partial charge in [-0.25, -0.2) is 5.43 Å². The molecule has 0 radical (unpaired) electrons. The zero-order valence-corrected chi connectivity index (χ0v) is 19.7. The van der Waals surface area contributed by atoms with Gasteiger partial charge in [-0.2, -0.15) is 13.2 Å². The number of fused-ring (bicyclic) bond motifs is 1. The van der Waals surface area contributed by atoms with Crippen LogP contribution in [-0.2, 0) is 6.18 Å². The van der Waals surface area contributed by atoms with Crippen LogP contribution in [0.4, 0.5) is 13.2 Å². The van der Waals surface area contributed by atoms with Gasteiger partial charge in [0.15, 0.2) is 0 Å². The monoisotopic (exact) mass is 527 g/mol. The van der Waals surface area contributed by atoms with Crippen LogP contribution in [0.5, 0.6) is 5.75 Å². The van der Waals surface area contributed by atoms with Crippen LogP contribution < -0.4 is 5.43 Å². The van der Waals surface area contributed by atoms with Crippen molar-refractivity contribution >= 4 is 27.5 Å². The summed E-state index contributed by atoms with van der Waals surface area (Å²) in [4.78, 5) is 4.82. The highest BCUT2D eigenvalue weighted by molar-refractivity contribution is 9.10. The van der Waals surface area contributed by atoms with Gasteiger partial charge in [-0.3, -0.25) is 10.0 Å². The number of benzene rings is 3. The average molecular weight is 528 g/mol. The van der Waals surface area contributed by atoms with E-state index in [1.54, 1.807) is 12.1 Å². The number of nitrogens with zero attached hydrogens (tertiary/aromatic N) is 2. The number of phenolic OH excluding ortho intramolecular Hbond substituents is 1. The second-order valence-electron chi connectivity index (χ2n) is 8.34. The number of hydrogen-bond donors (Lipinski definition) is 2. The van der Waals surface area contributed by atoms with Gasteiger partial charge in [0.05, 0.1) is 22.1 Å². The molecule has 4 nitrogen and oxygen atoms in total. The first-order valence-electron chi connectivity index (χ1n) is 10.7. The van der Waals surface area contributed by atoms with Crippen LogP contribution in [0.1, 0.15) is 41.3 Å². The van der Waals surface area contributed by atoms with Crippen molar-refractivity contribution in [3.63, 3.8) is 0 Å². The van der Waals surface area contributed by atoms with Gasteiger partial charge in [0.1, 0.15) is 17.6 Å². The molecule has 3 aromatic carbocycles. The molecule has 174 valence electrons. The van der Waals surface area contributed by atoms with E-state index in [1.165, 1.54) is 12.1 Å². The van der Waals surface area contributed by atoms with Gasteiger partial charge >= 0.3 is 6.18 Å². The van der Waals surface area contributed by atoms with E-state index in [4.69, 9.17) is 4.99 Å². The number of alkyl halides is 4. The third-order valence-corrected chi connectivity index (χ3v) is 7.10. The fraction of sp³-hybridized carbons (Fsp3) is 0.192. The quantitative estimate of drug-likeness (QED) is 0.376. The van der Waals surface area contributed by atoms with E-state index in [1.807, 2.05) is 54.4 Å². The van der Waals surface area contributed by atoms with Gasteiger partial charge in [-0.15, -0.1) is 0 Å². The lowest BCUT2D eigenvalue weighted by atomic mass is 9.93. The van der Waals surface area contributed by atoms with Crippen LogP contribution in [0.2, 0.25) is 0 Å². The molecule has 2 N–H and O–H groups in total. The molecule has 1 saturated heterocycles. The van der Waals surface area contributed by atoms with Crippen LogP contribution in [0.3, 0.4) is 0 Å². The van der Waals surface area contributed by atoms with Crippen molar-refractivity contribution in [1.29, 1.82) is 0 Å². The highest BCUT2D eigenvalue weighted by atomic mass is 79.9. The maximum Gasteiger partial charge on any atom is 0.416 e. The normalized spacial score (nSPS) is 22.6. The topological polar surface area (TPSA) is 47.9 Å². The zero-order chi connectivity index (χ0) is 24.0. The number of phenols is 1. The van der Waals surface area contributed by atoms with E-state index in [0.717, 1.165) is 40.4 Å². The number of nitrogens with one attached hydrogen (secondary N) is 1. The maximum atomic E-state index is 13.1. The van der Waals surface area contributed by atoms with Crippen molar-refractivity contribution in [1.82, 2.24) is 10.4 Å². The Balaban J connectivity index is 1.62. The molecule has 2 heterocycles. The number of aromatic hydroxyl groups is 1. The number of rotatable bonds is 3. The van der Waals surface area contributed by atoms with Crippen molar-refractivity contribution in [2.45, 2.75) is 30.0 Å². The second kappa shape index (κ2) is 8.60. The zero-order valence-electron chi connectivity index (χ0n) is 18.1. The Morgan fingerprint density at radius 2 is 1.56 bits per heavy atom. The predicted octanol–water partition coefficient (Wildman–Crippen LogP) is 6.62. The van der Waals surface area contributed by atoms with Gasteiger partial charge in [-0.1, -0.05) is 58.4 Å². The molecule has 0 amide bonds. The molecule has 3 atom stereocenters. The summed E-state index contributed by atoms with van der Waals surface area (Å²) in [6, 6.07) is 21.5. The summed E-state index contributed by atoms with van der Waals surface area (Å²) in [6.45, 7) is 1.94. The molecule has 2 aliphatic heterocycles. The summed E-state index contributed by atoms with van der Waals surface area (Å²) in [6.07, 6.45) is -4.39. The molecule has 8 heteroatoms. The summed E-state index contributed by atoms with van der Waals surface area (Å²) in [5.41, 5.74) is 7.21. The average Bonchev–Trinajstić information content (AvgIpc) is 3.15. The van der Waals surface area contributed by atoms with E-state index in [0.29, 0.717) is 5.56 Å². The summed E-state index contributed by atoms with van der Waals surface area (Å²) >= 11 is 3.81. The first kappa shape index (κ1) is 22.7. The summed E-state index contributed by atoms with van der Waals surface area (Å²) in [5.74, 6) is 0.897. The minimum Gasteiger partial charge on any atom is -0.508 e. The van der Waals surface area contributed by atoms with Gasteiger partial charge in [-0.05, 0) is 65.6 Å². The Morgan fingerprint density at radius 3 is 2.18 bits per heavy atom. The van der Waals surface area contributed by atoms with Crippen molar-refractivity contribution in [2.75, 3.05) is 0 Å². The molecule has 0 aliphatic carbocycles. The van der Waals surface area contributed by atoms with Gasteiger partial charge < -0.3 is 5.11 Å². The van der Waals surface area contributed by atoms with Gasteiger partial charge in [0.2, 0.25) is 0 Å². The summed E-state index contributed by atoms with van der Waals surface area (Å²) < 4.78 is 39.3. The summed E-state index contributed by atoms with van der Waals surface area (Å²) in [5, 5.41) is 11.7. The fourth-order valence-electron chi connectivity index (χ4n) is 4.44. The van der Waals surface area contributed by atoms with Crippen molar-refractivity contribution in [3.05, 3.63) is 107 Å². The lowest BCUT2D eigenvalue weighted by Gasteiger charge is -2.33. The molecule has 5 rings (SSSR count). The van der Waals surface area contributed by atoms with Crippen LogP contribution in [0.15, 0.2) is 89.4 Å². The molecule has 0 bridgehead atoms. The first-order chi connectivity index (χ1) is 16.2. The van der Waals surface area contributed by atoms with E-state index in [2.05, 4.69) is 21.4 Å². The predicted molar refractivity (Wildman–Crippen MR) is 129 cm³/mol. The van der Waals surface area contributed by atoms with Crippen LogP contribution in [0, 0.1) is 0 Å². The SMILES string of the molecule is CC1=C(c2ccc(O)cc2)N2NC(c3ccccc3)C(Br)C2=NC1c1ccc(C(F)(F)F)cc1. The second-order valence-corrected chi connectivity index (χ2v) is 9.33. The molecule has 0 aromatic heterocycles. The van der Waals surface area contributed by atoms with E-state index >= 15 is 0 Å². The van der Waals surface area contributed by atoms with E-state index in [-0.39, 0.29) is 16.6 Å². The molecule has 1 fully saturated rings. The number of hydrogen-bond acceptors (Lipinski definition) is 4. The standard InChI is InChI=1S/C26H21BrF3N3O/c1-15-22(17-7-11-19(12-8-17)26(28,29)30)31-25-21(27)23(16-5-3-2-4-6-16)32-33(25)24(15)18-9-13-20(34)14-10-18/h2-14,21-23,32,34H,1H3. The Kier molecular flexibility index (Phi) is 5.73. The maximum absolute atomic E-state index is 13.1. The van der Waals surface area contributed by atoms with Crippen LogP contribution in [-0.4, -0.2) is 20.8 Å². The molecule has 3 aromatic rings. The fourth-order valence-corrected chi connectivity index (χ4v) is 5.19. The summed E-state index contributed by atoms with van der Waals surface area (Å²) in [7, 11) is 0. The minimum absolute atomic E-state index is 0.0915. The van der Waals surface area contributed by atoms with Crippen LogP contribution >= 0.6 is 15.9 Å². The first-order valence-corrected chi connectivity index (χ1v) is 11.7. The molecular weight excluding hydrogens is 507 g/mol. The lowest BCUT2D eigenvalue weighted by molar-refractivity contribution is -0.137. The number of halogens is 4. The lowest BCUT2D eigenvalue weighted by Crippen LogP contribution is -2.37. The van der Waals surface area contributed by atoms with Crippen molar-refractivity contribution in [2.24, 2.45) is 4.99 Å². The Hall–Kier alpha value is -3.10. The Labute approximate surface area is 203 Å². The molecule has 34 heavy (non-hydrogen) atoms. The number of amidine groups is 1.